The van der Waals surface area contributed by atoms with E-state index in [-0.39, 0.29) is 5.91 Å². The molecule has 5 heteroatoms. The third-order valence-electron chi connectivity index (χ3n) is 5.01. The number of pyridine rings is 1. The molecule has 0 aliphatic rings. The van der Waals surface area contributed by atoms with Crippen molar-refractivity contribution >= 4 is 16.8 Å². The van der Waals surface area contributed by atoms with Crippen LogP contribution in [0.25, 0.3) is 10.9 Å². The standard InChI is InChI=1S/C23H26N2O3/c1-15-18-7-5-6-8-20(18)25-16(2)19(15)14-23(26)24-12-11-17-9-10-21(27-3)22(13-17)28-4/h5-10,13H,11-12,14H2,1-4H3,(H,24,26). The van der Waals surface area contributed by atoms with Gasteiger partial charge in [0.25, 0.3) is 0 Å². The Morgan fingerprint density at radius 1 is 1.04 bits per heavy atom. The minimum absolute atomic E-state index is 0.00348. The minimum atomic E-state index is 0.00348. The van der Waals surface area contributed by atoms with Crippen molar-refractivity contribution in [2.24, 2.45) is 0 Å². The van der Waals surface area contributed by atoms with E-state index in [1.54, 1.807) is 14.2 Å². The van der Waals surface area contributed by atoms with E-state index >= 15 is 0 Å². The number of hydrogen-bond acceptors (Lipinski definition) is 4. The molecule has 0 aliphatic carbocycles. The van der Waals surface area contributed by atoms with Gasteiger partial charge in [-0.05, 0) is 55.2 Å². The first-order valence-corrected chi connectivity index (χ1v) is 9.36. The first kappa shape index (κ1) is 19.7. The number of aryl methyl sites for hydroxylation is 2. The molecular formula is C23H26N2O3. The molecule has 1 aromatic heterocycles. The van der Waals surface area contributed by atoms with Crippen molar-refractivity contribution in [3.05, 3.63) is 64.8 Å². The van der Waals surface area contributed by atoms with Crippen LogP contribution < -0.4 is 14.8 Å². The van der Waals surface area contributed by atoms with Crippen molar-refractivity contribution in [2.45, 2.75) is 26.7 Å². The summed E-state index contributed by atoms with van der Waals surface area (Å²) in [6, 6.07) is 13.8. The summed E-state index contributed by atoms with van der Waals surface area (Å²) in [5.41, 5.74) is 5.08. The number of rotatable bonds is 7. The number of carbonyl (C=O) groups is 1. The average molecular weight is 378 g/mol. The lowest BCUT2D eigenvalue weighted by molar-refractivity contribution is -0.120. The predicted octanol–water partition coefficient (Wildman–Crippen LogP) is 3.77. The molecule has 28 heavy (non-hydrogen) atoms. The van der Waals surface area contributed by atoms with Crippen LogP contribution in [0.2, 0.25) is 0 Å². The predicted molar refractivity (Wildman–Crippen MR) is 111 cm³/mol. The van der Waals surface area contributed by atoms with Gasteiger partial charge in [0, 0.05) is 17.6 Å². The lowest BCUT2D eigenvalue weighted by Gasteiger charge is -2.13. The van der Waals surface area contributed by atoms with Gasteiger partial charge in [-0.15, -0.1) is 0 Å². The van der Waals surface area contributed by atoms with E-state index in [1.165, 1.54) is 0 Å². The fourth-order valence-corrected chi connectivity index (χ4v) is 3.44. The number of para-hydroxylation sites is 1. The second-order valence-corrected chi connectivity index (χ2v) is 6.78. The van der Waals surface area contributed by atoms with E-state index in [2.05, 4.69) is 23.3 Å². The first-order valence-electron chi connectivity index (χ1n) is 9.36. The van der Waals surface area contributed by atoms with E-state index in [1.807, 2.05) is 43.3 Å². The van der Waals surface area contributed by atoms with Crippen LogP contribution in [0.15, 0.2) is 42.5 Å². The van der Waals surface area contributed by atoms with Crippen LogP contribution in [0.5, 0.6) is 11.5 Å². The number of methoxy groups -OCH3 is 2. The summed E-state index contributed by atoms with van der Waals surface area (Å²) < 4.78 is 10.6. The highest BCUT2D eigenvalue weighted by molar-refractivity contribution is 5.86. The van der Waals surface area contributed by atoms with Crippen molar-refractivity contribution in [3.63, 3.8) is 0 Å². The summed E-state index contributed by atoms with van der Waals surface area (Å²) in [6.45, 7) is 4.59. The Bertz CT molecular complexity index is 999. The first-order chi connectivity index (χ1) is 13.5. The molecular weight excluding hydrogens is 352 g/mol. The molecule has 2 aromatic carbocycles. The van der Waals surface area contributed by atoms with Crippen LogP contribution in [0.3, 0.4) is 0 Å². The molecule has 1 N–H and O–H groups in total. The molecule has 5 nitrogen and oxygen atoms in total. The van der Waals surface area contributed by atoms with Crippen LogP contribution >= 0.6 is 0 Å². The Morgan fingerprint density at radius 3 is 2.54 bits per heavy atom. The third-order valence-corrected chi connectivity index (χ3v) is 5.01. The van der Waals surface area contributed by atoms with Gasteiger partial charge in [-0.3, -0.25) is 9.78 Å². The number of aromatic nitrogens is 1. The summed E-state index contributed by atoms with van der Waals surface area (Å²) in [5.74, 6) is 1.40. The molecule has 0 fully saturated rings. The van der Waals surface area contributed by atoms with Gasteiger partial charge >= 0.3 is 0 Å². The van der Waals surface area contributed by atoms with Gasteiger partial charge in [-0.25, -0.2) is 0 Å². The molecule has 3 aromatic rings. The lowest BCUT2D eigenvalue weighted by Crippen LogP contribution is -2.28. The van der Waals surface area contributed by atoms with Gasteiger partial charge in [0.1, 0.15) is 0 Å². The molecule has 146 valence electrons. The van der Waals surface area contributed by atoms with E-state index in [4.69, 9.17) is 9.47 Å². The van der Waals surface area contributed by atoms with Gasteiger partial charge in [0.15, 0.2) is 11.5 Å². The average Bonchev–Trinajstić information content (AvgIpc) is 2.71. The zero-order valence-electron chi connectivity index (χ0n) is 16.8. The molecule has 1 amide bonds. The number of ether oxygens (including phenoxy) is 2. The summed E-state index contributed by atoms with van der Waals surface area (Å²) in [7, 11) is 3.23. The van der Waals surface area contributed by atoms with Gasteiger partial charge < -0.3 is 14.8 Å². The summed E-state index contributed by atoms with van der Waals surface area (Å²) in [6.07, 6.45) is 1.06. The summed E-state index contributed by atoms with van der Waals surface area (Å²) >= 11 is 0. The lowest BCUT2D eigenvalue weighted by atomic mass is 9.99. The molecule has 0 atom stereocenters. The number of amides is 1. The van der Waals surface area contributed by atoms with Crippen LogP contribution in [0, 0.1) is 13.8 Å². The van der Waals surface area contributed by atoms with Gasteiger partial charge in [-0.1, -0.05) is 24.3 Å². The van der Waals surface area contributed by atoms with Crippen LogP contribution in [0.4, 0.5) is 0 Å². The minimum Gasteiger partial charge on any atom is -0.493 e. The number of nitrogens with one attached hydrogen (secondary N) is 1. The molecule has 0 saturated carbocycles. The summed E-state index contributed by atoms with van der Waals surface area (Å²) in [4.78, 5) is 17.1. The molecule has 0 aliphatic heterocycles. The van der Waals surface area contributed by atoms with E-state index in [0.717, 1.165) is 39.7 Å². The monoisotopic (exact) mass is 378 g/mol. The zero-order chi connectivity index (χ0) is 20.1. The largest absolute Gasteiger partial charge is 0.493 e. The fourth-order valence-electron chi connectivity index (χ4n) is 3.44. The molecule has 0 bridgehead atoms. The van der Waals surface area contributed by atoms with Crippen LogP contribution in [0.1, 0.15) is 22.4 Å². The number of carbonyl (C=O) groups excluding carboxylic acids is 1. The summed E-state index contributed by atoms with van der Waals surface area (Å²) in [5, 5.41) is 4.11. The molecule has 0 radical (unpaired) electrons. The van der Waals surface area contributed by atoms with E-state index in [9.17, 15) is 4.79 Å². The Morgan fingerprint density at radius 2 is 1.79 bits per heavy atom. The van der Waals surface area contributed by atoms with Crippen molar-refractivity contribution in [1.29, 1.82) is 0 Å². The maximum absolute atomic E-state index is 12.5. The molecule has 0 spiro atoms. The zero-order valence-corrected chi connectivity index (χ0v) is 16.8. The van der Waals surface area contributed by atoms with Gasteiger partial charge in [0.2, 0.25) is 5.91 Å². The third kappa shape index (κ3) is 4.25. The fraction of sp³-hybridized carbons (Fsp3) is 0.304. The maximum Gasteiger partial charge on any atom is 0.224 e. The second kappa shape index (κ2) is 8.74. The number of benzene rings is 2. The number of nitrogens with zero attached hydrogens (tertiary/aromatic N) is 1. The Labute approximate surface area is 165 Å². The van der Waals surface area contributed by atoms with E-state index < -0.39 is 0 Å². The Balaban J connectivity index is 1.63. The molecule has 3 rings (SSSR count). The van der Waals surface area contributed by atoms with E-state index in [0.29, 0.717) is 24.5 Å². The van der Waals surface area contributed by atoms with Crippen LogP contribution in [-0.2, 0) is 17.6 Å². The topological polar surface area (TPSA) is 60.5 Å². The second-order valence-electron chi connectivity index (χ2n) is 6.78. The smallest absolute Gasteiger partial charge is 0.224 e. The quantitative estimate of drug-likeness (QED) is 0.680. The highest BCUT2D eigenvalue weighted by Gasteiger charge is 2.13. The van der Waals surface area contributed by atoms with Crippen molar-refractivity contribution in [1.82, 2.24) is 10.3 Å². The number of fused-ring (bicyclic) bond motifs is 1. The van der Waals surface area contributed by atoms with Gasteiger partial charge in [0.05, 0.1) is 26.2 Å². The molecule has 0 saturated heterocycles. The Kier molecular flexibility index (Phi) is 6.14. The normalized spacial score (nSPS) is 10.7. The Hall–Kier alpha value is -3.08. The SMILES string of the molecule is COc1ccc(CCNC(=O)Cc2c(C)nc3ccccc3c2C)cc1OC. The molecule has 1 heterocycles. The van der Waals surface area contributed by atoms with Crippen molar-refractivity contribution in [3.8, 4) is 11.5 Å². The van der Waals surface area contributed by atoms with Crippen molar-refractivity contribution in [2.75, 3.05) is 20.8 Å². The highest BCUT2D eigenvalue weighted by Crippen LogP contribution is 2.27. The molecule has 0 unspecified atom stereocenters. The van der Waals surface area contributed by atoms with Crippen LogP contribution in [-0.4, -0.2) is 31.7 Å². The number of hydrogen-bond donors (Lipinski definition) is 1. The van der Waals surface area contributed by atoms with Gasteiger partial charge in [-0.2, -0.15) is 0 Å². The highest BCUT2D eigenvalue weighted by atomic mass is 16.5. The van der Waals surface area contributed by atoms with Crippen molar-refractivity contribution < 1.29 is 14.3 Å². The maximum atomic E-state index is 12.5.